The first-order chi connectivity index (χ1) is 14.5. The molecule has 2 aliphatic rings. The number of H-pyrrole nitrogens is 1. The summed E-state index contributed by atoms with van der Waals surface area (Å²) in [7, 11) is 0. The quantitative estimate of drug-likeness (QED) is 0.774. The molecular formula is C20H26N6O4. The van der Waals surface area contributed by atoms with Gasteiger partial charge in [-0.3, -0.25) is 14.4 Å². The second-order valence-corrected chi connectivity index (χ2v) is 8.05. The SMILES string of the molecule is Cc1noc(C2CCCCN2C(=O)C2CCC(NC(=O)c3ccc(=O)[nH]n3)CC2)n1. The standard InChI is InChI=1S/C20H26N6O4/c1-12-21-19(30-25-12)16-4-2-3-11-26(16)20(29)13-5-7-14(8-6-13)22-18(28)15-9-10-17(27)24-23-15/h9-10,13-14,16H,2-8,11H2,1H3,(H,22,28)(H,24,27). The number of hydrogen-bond acceptors (Lipinski definition) is 7. The van der Waals surface area contributed by atoms with Crippen LogP contribution in [0.25, 0.3) is 0 Å². The highest BCUT2D eigenvalue weighted by molar-refractivity contribution is 5.92. The molecular weight excluding hydrogens is 388 g/mol. The van der Waals surface area contributed by atoms with Crippen LogP contribution in [0.3, 0.4) is 0 Å². The second-order valence-electron chi connectivity index (χ2n) is 8.05. The Bertz CT molecular complexity index is 942. The van der Waals surface area contributed by atoms with Crippen molar-refractivity contribution in [1.82, 2.24) is 30.6 Å². The summed E-state index contributed by atoms with van der Waals surface area (Å²) >= 11 is 0. The van der Waals surface area contributed by atoms with E-state index in [0.29, 0.717) is 18.3 Å². The maximum atomic E-state index is 13.2. The normalized spacial score (nSPS) is 24.4. The first-order valence-corrected chi connectivity index (χ1v) is 10.5. The van der Waals surface area contributed by atoms with E-state index in [1.165, 1.54) is 12.1 Å². The molecule has 1 saturated carbocycles. The van der Waals surface area contributed by atoms with Crippen molar-refractivity contribution in [1.29, 1.82) is 0 Å². The molecule has 1 aliphatic heterocycles. The lowest BCUT2D eigenvalue weighted by atomic mass is 9.84. The van der Waals surface area contributed by atoms with Gasteiger partial charge >= 0.3 is 0 Å². The fraction of sp³-hybridized carbons (Fsp3) is 0.600. The topological polar surface area (TPSA) is 134 Å². The van der Waals surface area contributed by atoms with Crippen molar-refractivity contribution in [2.45, 2.75) is 64.0 Å². The number of carbonyl (C=O) groups excluding carboxylic acids is 2. The van der Waals surface area contributed by atoms with Crippen molar-refractivity contribution in [2.24, 2.45) is 5.92 Å². The number of aromatic amines is 1. The molecule has 1 atom stereocenters. The van der Waals surface area contributed by atoms with Gasteiger partial charge in [-0.25, -0.2) is 5.10 Å². The average Bonchev–Trinajstić information content (AvgIpc) is 3.20. The van der Waals surface area contributed by atoms with Crippen LogP contribution in [0.4, 0.5) is 0 Å². The van der Waals surface area contributed by atoms with Gasteiger partial charge in [0.2, 0.25) is 11.8 Å². The molecule has 0 bridgehead atoms. The second kappa shape index (κ2) is 8.76. The number of amides is 2. The van der Waals surface area contributed by atoms with Crippen LogP contribution >= 0.6 is 0 Å². The van der Waals surface area contributed by atoms with E-state index in [-0.39, 0.29) is 41.1 Å². The number of aromatic nitrogens is 4. The van der Waals surface area contributed by atoms with E-state index >= 15 is 0 Å². The minimum Gasteiger partial charge on any atom is -0.348 e. The first kappa shape index (κ1) is 20.2. The Balaban J connectivity index is 1.33. The Labute approximate surface area is 173 Å². The van der Waals surface area contributed by atoms with Crippen molar-refractivity contribution >= 4 is 11.8 Å². The van der Waals surface area contributed by atoms with Crippen LogP contribution < -0.4 is 10.9 Å². The summed E-state index contributed by atoms with van der Waals surface area (Å²) in [4.78, 5) is 42.9. The zero-order valence-electron chi connectivity index (χ0n) is 17.0. The van der Waals surface area contributed by atoms with E-state index in [4.69, 9.17) is 4.52 Å². The molecule has 4 rings (SSSR count). The highest BCUT2D eigenvalue weighted by Crippen LogP contribution is 2.34. The van der Waals surface area contributed by atoms with Crippen molar-refractivity contribution in [3.05, 3.63) is 39.9 Å². The Morgan fingerprint density at radius 1 is 1.17 bits per heavy atom. The average molecular weight is 414 g/mol. The molecule has 1 aliphatic carbocycles. The van der Waals surface area contributed by atoms with Crippen LogP contribution in [0, 0.1) is 12.8 Å². The summed E-state index contributed by atoms with van der Waals surface area (Å²) < 4.78 is 5.35. The molecule has 0 radical (unpaired) electrons. The molecule has 10 nitrogen and oxygen atoms in total. The molecule has 0 spiro atoms. The third-order valence-corrected chi connectivity index (χ3v) is 5.94. The predicted molar refractivity (Wildman–Crippen MR) is 105 cm³/mol. The van der Waals surface area contributed by atoms with E-state index in [9.17, 15) is 14.4 Å². The number of carbonyl (C=O) groups is 2. The number of nitrogens with one attached hydrogen (secondary N) is 2. The maximum absolute atomic E-state index is 13.2. The molecule has 3 heterocycles. The Hall–Kier alpha value is -3.04. The zero-order chi connectivity index (χ0) is 21.1. The number of nitrogens with zero attached hydrogens (tertiary/aromatic N) is 4. The van der Waals surface area contributed by atoms with Gasteiger partial charge in [-0.15, -0.1) is 0 Å². The lowest BCUT2D eigenvalue weighted by molar-refractivity contribution is -0.141. The molecule has 1 saturated heterocycles. The highest BCUT2D eigenvalue weighted by Gasteiger charge is 2.37. The molecule has 30 heavy (non-hydrogen) atoms. The lowest BCUT2D eigenvalue weighted by Crippen LogP contribution is -2.45. The van der Waals surface area contributed by atoms with Crippen molar-refractivity contribution in [3.63, 3.8) is 0 Å². The van der Waals surface area contributed by atoms with Crippen molar-refractivity contribution in [2.75, 3.05) is 6.54 Å². The van der Waals surface area contributed by atoms with Gasteiger partial charge in [-0.2, -0.15) is 10.1 Å². The Morgan fingerprint density at radius 2 is 1.97 bits per heavy atom. The molecule has 1 unspecified atom stereocenters. The fourth-order valence-electron chi connectivity index (χ4n) is 4.35. The van der Waals surface area contributed by atoms with Gasteiger partial charge in [0.05, 0.1) is 0 Å². The van der Waals surface area contributed by atoms with Crippen LogP contribution in [0.1, 0.15) is 73.2 Å². The third kappa shape index (κ3) is 4.42. The van der Waals surface area contributed by atoms with Gasteiger partial charge < -0.3 is 14.7 Å². The summed E-state index contributed by atoms with van der Waals surface area (Å²) in [6, 6.07) is 2.53. The van der Waals surface area contributed by atoms with Gasteiger partial charge in [0.25, 0.3) is 11.5 Å². The van der Waals surface area contributed by atoms with Crippen molar-refractivity contribution < 1.29 is 14.1 Å². The van der Waals surface area contributed by atoms with Gasteiger partial charge in [0.15, 0.2) is 5.82 Å². The molecule has 160 valence electrons. The Morgan fingerprint density at radius 3 is 2.63 bits per heavy atom. The molecule has 10 heteroatoms. The molecule has 2 aromatic heterocycles. The number of piperidine rings is 1. The maximum Gasteiger partial charge on any atom is 0.271 e. The molecule has 2 N–H and O–H groups in total. The number of aryl methyl sites for hydroxylation is 1. The van der Waals surface area contributed by atoms with Crippen molar-refractivity contribution in [3.8, 4) is 0 Å². The summed E-state index contributed by atoms with van der Waals surface area (Å²) in [5.41, 5.74) is -0.170. The molecule has 2 fully saturated rings. The van der Waals surface area contributed by atoms with E-state index in [1.54, 1.807) is 6.92 Å². The number of rotatable bonds is 4. The fourth-order valence-corrected chi connectivity index (χ4v) is 4.35. The summed E-state index contributed by atoms with van der Waals surface area (Å²) in [6.07, 6.45) is 5.74. The Kier molecular flexibility index (Phi) is 5.91. The predicted octanol–water partition coefficient (Wildman–Crippen LogP) is 1.50. The smallest absolute Gasteiger partial charge is 0.271 e. The number of likely N-dealkylation sites (tertiary alicyclic amines) is 1. The molecule has 0 aromatic carbocycles. The van der Waals surface area contributed by atoms with Crippen LogP contribution in [0.5, 0.6) is 0 Å². The van der Waals surface area contributed by atoms with E-state index < -0.39 is 0 Å². The zero-order valence-corrected chi connectivity index (χ0v) is 17.0. The van der Waals surface area contributed by atoms with Crippen LogP contribution in [-0.4, -0.2) is 49.6 Å². The van der Waals surface area contributed by atoms with Gasteiger partial charge in [0.1, 0.15) is 11.7 Å². The monoisotopic (exact) mass is 414 g/mol. The van der Waals surface area contributed by atoms with Crippen LogP contribution in [-0.2, 0) is 4.79 Å². The molecule has 2 aromatic rings. The first-order valence-electron chi connectivity index (χ1n) is 10.5. The molecule has 2 amide bonds. The van der Waals surface area contributed by atoms with E-state index in [1.807, 2.05) is 4.90 Å². The summed E-state index contributed by atoms with van der Waals surface area (Å²) in [6.45, 7) is 2.49. The van der Waals surface area contributed by atoms with E-state index in [0.717, 1.165) is 44.9 Å². The van der Waals surface area contributed by atoms with Gasteiger partial charge in [-0.05, 0) is 57.9 Å². The summed E-state index contributed by atoms with van der Waals surface area (Å²) in [5.74, 6) is 0.867. The van der Waals surface area contributed by atoms with Gasteiger partial charge in [-0.1, -0.05) is 5.16 Å². The van der Waals surface area contributed by atoms with Crippen LogP contribution in [0.2, 0.25) is 0 Å². The van der Waals surface area contributed by atoms with E-state index in [2.05, 4.69) is 25.7 Å². The lowest BCUT2D eigenvalue weighted by Gasteiger charge is -2.37. The summed E-state index contributed by atoms with van der Waals surface area (Å²) in [5, 5.41) is 12.8. The largest absolute Gasteiger partial charge is 0.348 e. The highest BCUT2D eigenvalue weighted by atomic mass is 16.5. The number of hydrogen-bond donors (Lipinski definition) is 2. The van der Waals surface area contributed by atoms with Crippen LogP contribution in [0.15, 0.2) is 21.5 Å². The minimum absolute atomic E-state index is 0.00831. The third-order valence-electron chi connectivity index (χ3n) is 5.94. The minimum atomic E-state index is -0.350. The van der Waals surface area contributed by atoms with Gasteiger partial charge in [0, 0.05) is 24.6 Å².